The number of hydrogen-bond acceptors (Lipinski definition) is 4. The van der Waals surface area contributed by atoms with Crippen LogP contribution >= 0.6 is 0 Å². The van der Waals surface area contributed by atoms with Crippen molar-refractivity contribution in [3.05, 3.63) is 23.9 Å². The second-order valence-corrected chi connectivity index (χ2v) is 5.44. The molecule has 2 heterocycles. The Morgan fingerprint density at radius 1 is 1.45 bits per heavy atom. The van der Waals surface area contributed by atoms with Crippen LogP contribution < -0.4 is 5.32 Å². The fourth-order valence-corrected chi connectivity index (χ4v) is 2.29. The first-order valence-corrected chi connectivity index (χ1v) is 7.31. The van der Waals surface area contributed by atoms with E-state index in [-0.39, 0.29) is 5.91 Å². The van der Waals surface area contributed by atoms with Crippen molar-refractivity contribution in [2.24, 2.45) is 0 Å². The van der Waals surface area contributed by atoms with Crippen LogP contribution in [0.2, 0.25) is 0 Å². The van der Waals surface area contributed by atoms with E-state index in [4.69, 9.17) is 0 Å². The summed E-state index contributed by atoms with van der Waals surface area (Å²) in [7, 11) is 2.10. The van der Waals surface area contributed by atoms with Crippen LogP contribution in [0.5, 0.6) is 0 Å². The number of carbonyl (C=O) groups is 1. The van der Waals surface area contributed by atoms with Gasteiger partial charge in [-0.3, -0.25) is 4.79 Å². The van der Waals surface area contributed by atoms with Crippen LogP contribution in [0.15, 0.2) is 18.3 Å². The summed E-state index contributed by atoms with van der Waals surface area (Å²) in [4.78, 5) is 20.9. The molecular formula is C15H24N4O. The van der Waals surface area contributed by atoms with Crippen LogP contribution in [0, 0.1) is 0 Å². The number of carbonyl (C=O) groups excluding carboxylic acids is 1. The van der Waals surface area contributed by atoms with E-state index in [1.165, 1.54) is 0 Å². The highest BCUT2D eigenvalue weighted by Gasteiger charge is 2.25. The molecule has 1 amide bonds. The Hall–Kier alpha value is -1.62. The van der Waals surface area contributed by atoms with E-state index in [0.717, 1.165) is 38.4 Å². The van der Waals surface area contributed by atoms with E-state index in [1.54, 1.807) is 6.20 Å². The van der Waals surface area contributed by atoms with Crippen molar-refractivity contribution in [3.8, 4) is 0 Å². The molecule has 110 valence electrons. The molecule has 1 atom stereocenters. The van der Waals surface area contributed by atoms with Crippen molar-refractivity contribution in [2.45, 2.75) is 26.3 Å². The summed E-state index contributed by atoms with van der Waals surface area (Å²) in [5, 5.41) is 3.21. The Labute approximate surface area is 121 Å². The van der Waals surface area contributed by atoms with Crippen LogP contribution in [-0.4, -0.2) is 60.0 Å². The van der Waals surface area contributed by atoms with Gasteiger partial charge in [-0.15, -0.1) is 0 Å². The molecule has 5 nitrogen and oxygen atoms in total. The third-order valence-corrected chi connectivity index (χ3v) is 3.81. The van der Waals surface area contributed by atoms with Gasteiger partial charge < -0.3 is 15.1 Å². The van der Waals surface area contributed by atoms with Gasteiger partial charge >= 0.3 is 0 Å². The summed E-state index contributed by atoms with van der Waals surface area (Å²) in [6.45, 7) is 7.66. The van der Waals surface area contributed by atoms with Crippen molar-refractivity contribution in [1.29, 1.82) is 0 Å². The summed E-state index contributed by atoms with van der Waals surface area (Å²) in [5.74, 6) is 0.912. The molecule has 0 bridgehead atoms. The molecule has 0 spiro atoms. The molecule has 0 radical (unpaired) electrons. The van der Waals surface area contributed by atoms with Gasteiger partial charge in [-0.2, -0.15) is 0 Å². The fourth-order valence-electron chi connectivity index (χ4n) is 2.29. The summed E-state index contributed by atoms with van der Waals surface area (Å²) >= 11 is 0. The van der Waals surface area contributed by atoms with Gasteiger partial charge in [0.1, 0.15) is 5.82 Å². The highest BCUT2D eigenvalue weighted by atomic mass is 16.2. The minimum atomic E-state index is 0.0829. The predicted octanol–water partition coefficient (Wildman–Crippen LogP) is 1.68. The molecular weight excluding hydrogens is 252 g/mol. The third kappa shape index (κ3) is 3.48. The van der Waals surface area contributed by atoms with Crippen molar-refractivity contribution >= 4 is 11.7 Å². The normalized spacial score (nSPS) is 19.9. The standard InChI is InChI=1S/C15H24N4O/c1-4-7-16-14-6-5-13(10-17-14)15(20)19-9-8-18(3)12(2)11-19/h5-6,10,12H,4,7-9,11H2,1-3H3,(H,16,17). The van der Waals surface area contributed by atoms with Crippen molar-refractivity contribution < 1.29 is 4.79 Å². The lowest BCUT2D eigenvalue weighted by molar-refractivity contribution is 0.0572. The lowest BCUT2D eigenvalue weighted by Crippen LogP contribution is -2.52. The minimum Gasteiger partial charge on any atom is -0.370 e. The Morgan fingerprint density at radius 3 is 2.85 bits per heavy atom. The number of rotatable bonds is 4. The molecule has 1 aliphatic heterocycles. The first kappa shape index (κ1) is 14.8. The zero-order valence-electron chi connectivity index (χ0n) is 12.6. The summed E-state index contributed by atoms with van der Waals surface area (Å²) < 4.78 is 0. The van der Waals surface area contributed by atoms with Gasteiger partial charge in [-0.25, -0.2) is 4.98 Å². The molecule has 0 aliphatic carbocycles. The number of nitrogens with one attached hydrogen (secondary N) is 1. The van der Waals surface area contributed by atoms with Crippen LogP contribution in [0.1, 0.15) is 30.6 Å². The molecule has 1 fully saturated rings. The summed E-state index contributed by atoms with van der Waals surface area (Å²) in [6, 6.07) is 4.14. The lowest BCUT2D eigenvalue weighted by Gasteiger charge is -2.37. The van der Waals surface area contributed by atoms with Gasteiger partial charge in [0.2, 0.25) is 0 Å². The van der Waals surface area contributed by atoms with Crippen LogP contribution in [0.25, 0.3) is 0 Å². The smallest absolute Gasteiger partial charge is 0.255 e. The first-order valence-electron chi connectivity index (χ1n) is 7.31. The molecule has 1 aromatic heterocycles. The summed E-state index contributed by atoms with van der Waals surface area (Å²) in [5.41, 5.74) is 0.670. The van der Waals surface area contributed by atoms with E-state index in [1.807, 2.05) is 17.0 Å². The maximum absolute atomic E-state index is 12.4. The van der Waals surface area contributed by atoms with E-state index in [0.29, 0.717) is 11.6 Å². The van der Waals surface area contributed by atoms with Gasteiger partial charge in [0.25, 0.3) is 5.91 Å². The van der Waals surface area contributed by atoms with Crippen molar-refractivity contribution in [1.82, 2.24) is 14.8 Å². The molecule has 1 aromatic rings. The van der Waals surface area contributed by atoms with Crippen LogP contribution in [-0.2, 0) is 0 Å². The van der Waals surface area contributed by atoms with Gasteiger partial charge in [-0.05, 0) is 32.5 Å². The van der Waals surface area contributed by atoms with Gasteiger partial charge in [0.05, 0.1) is 5.56 Å². The largest absolute Gasteiger partial charge is 0.370 e. The van der Waals surface area contributed by atoms with E-state index >= 15 is 0 Å². The molecule has 2 rings (SSSR count). The topological polar surface area (TPSA) is 48.5 Å². The monoisotopic (exact) mass is 276 g/mol. The van der Waals surface area contributed by atoms with Crippen molar-refractivity contribution in [2.75, 3.05) is 38.5 Å². The molecule has 5 heteroatoms. The number of anilines is 1. The highest BCUT2D eigenvalue weighted by Crippen LogP contribution is 2.12. The third-order valence-electron chi connectivity index (χ3n) is 3.81. The molecule has 1 N–H and O–H groups in total. The second-order valence-electron chi connectivity index (χ2n) is 5.44. The van der Waals surface area contributed by atoms with E-state index < -0.39 is 0 Å². The first-order chi connectivity index (χ1) is 9.61. The quantitative estimate of drug-likeness (QED) is 0.909. The number of hydrogen-bond donors (Lipinski definition) is 1. The lowest BCUT2D eigenvalue weighted by atomic mass is 10.1. The Morgan fingerprint density at radius 2 is 2.25 bits per heavy atom. The highest BCUT2D eigenvalue weighted by molar-refractivity contribution is 5.94. The fraction of sp³-hybridized carbons (Fsp3) is 0.600. The van der Waals surface area contributed by atoms with Gasteiger partial charge in [-0.1, -0.05) is 6.92 Å². The molecule has 1 aliphatic rings. The average Bonchev–Trinajstić information content (AvgIpc) is 2.48. The average molecular weight is 276 g/mol. The maximum atomic E-state index is 12.4. The Bertz CT molecular complexity index is 446. The Balaban J connectivity index is 1.98. The summed E-state index contributed by atoms with van der Waals surface area (Å²) in [6.07, 6.45) is 2.73. The minimum absolute atomic E-state index is 0.0829. The number of pyridine rings is 1. The number of amides is 1. The zero-order valence-corrected chi connectivity index (χ0v) is 12.6. The number of nitrogens with zero attached hydrogens (tertiary/aromatic N) is 3. The number of piperazine rings is 1. The maximum Gasteiger partial charge on any atom is 0.255 e. The van der Waals surface area contributed by atoms with Gasteiger partial charge in [0.15, 0.2) is 0 Å². The van der Waals surface area contributed by atoms with E-state index in [9.17, 15) is 4.79 Å². The predicted molar refractivity (Wildman–Crippen MR) is 81.0 cm³/mol. The van der Waals surface area contributed by atoms with E-state index in [2.05, 4.69) is 36.1 Å². The molecule has 0 aromatic carbocycles. The SMILES string of the molecule is CCCNc1ccc(C(=O)N2CCN(C)C(C)C2)cn1. The number of likely N-dealkylation sites (N-methyl/N-ethyl adjacent to an activating group) is 1. The number of aromatic nitrogens is 1. The van der Waals surface area contributed by atoms with Crippen molar-refractivity contribution in [3.63, 3.8) is 0 Å². The Kier molecular flexibility index (Phi) is 4.95. The molecule has 20 heavy (non-hydrogen) atoms. The molecule has 1 unspecified atom stereocenters. The van der Waals surface area contributed by atoms with Crippen LogP contribution in [0.3, 0.4) is 0 Å². The van der Waals surface area contributed by atoms with Gasteiger partial charge in [0, 0.05) is 38.4 Å². The molecule has 1 saturated heterocycles. The second kappa shape index (κ2) is 6.70. The molecule has 0 saturated carbocycles. The van der Waals surface area contributed by atoms with Crippen LogP contribution in [0.4, 0.5) is 5.82 Å². The zero-order chi connectivity index (χ0) is 14.5.